The van der Waals surface area contributed by atoms with Crippen LogP contribution in [0.1, 0.15) is 24.4 Å². The first-order valence-electron chi connectivity index (χ1n) is 7.05. The van der Waals surface area contributed by atoms with Crippen LogP contribution in [0.25, 0.3) is 0 Å². The first-order chi connectivity index (χ1) is 9.74. The zero-order valence-corrected chi connectivity index (χ0v) is 12.9. The Balaban J connectivity index is 1.53. The second-order valence-electron chi connectivity index (χ2n) is 5.40. The van der Waals surface area contributed by atoms with E-state index in [1.54, 1.807) is 17.7 Å². The molecule has 1 saturated heterocycles. The third-order valence-electron chi connectivity index (χ3n) is 4.15. The van der Waals surface area contributed by atoms with Gasteiger partial charge in [0.1, 0.15) is 12.2 Å². The fraction of sp³-hybridized carbons (Fsp3) is 0.571. The number of piperazine rings is 1. The summed E-state index contributed by atoms with van der Waals surface area (Å²) in [7, 11) is 2.00. The van der Waals surface area contributed by atoms with Crippen LogP contribution >= 0.6 is 11.3 Å². The van der Waals surface area contributed by atoms with Crippen molar-refractivity contribution >= 4 is 11.3 Å². The predicted octanol–water partition coefficient (Wildman–Crippen LogP) is 1.76. The zero-order chi connectivity index (χ0) is 13.9. The maximum Gasteiger partial charge on any atom is 0.146 e. The summed E-state index contributed by atoms with van der Waals surface area (Å²) < 4.78 is 2.00. The Bertz CT molecular complexity index is 528. The lowest BCUT2D eigenvalue weighted by atomic mass is 10.1. The average Bonchev–Trinajstić information content (AvgIpc) is 3.12. The van der Waals surface area contributed by atoms with Crippen LogP contribution in [-0.4, -0.2) is 50.7 Å². The molecule has 0 saturated carbocycles. The van der Waals surface area contributed by atoms with Gasteiger partial charge in [-0.2, -0.15) is 11.3 Å². The Kier molecular flexibility index (Phi) is 4.14. The van der Waals surface area contributed by atoms with Crippen molar-refractivity contribution < 1.29 is 0 Å². The van der Waals surface area contributed by atoms with Gasteiger partial charge >= 0.3 is 0 Å². The SMILES string of the molecule is CC(c1ccsc1)N1CCN(Cc2nncn2C)CC1. The molecule has 0 N–H and O–H groups in total. The quantitative estimate of drug-likeness (QED) is 0.860. The molecule has 3 heterocycles. The van der Waals surface area contributed by atoms with Gasteiger partial charge in [-0.25, -0.2) is 0 Å². The minimum absolute atomic E-state index is 0.526. The van der Waals surface area contributed by atoms with E-state index in [2.05, 4.69) is 43.7 Å². The minimum Gasteiger partial charge on any atom is -0.320 e. The maximum absolute atomic E-state index is 4.16. The molecular weight excluding hydrogens is 270 g/mol. The summed E-state index contributed by atoms with van der Waals surface area (Å²) in [4.78, 5) is 5.02. The van der Waals surface area contributed by atoms with Crippen LogP contribution in [0.15, 0.2) is 23.2 Å². The van der Waals surface area contributed by atoms with E-state index in [0.29, 0.717) is 6.04 Å². The lowest BCUT2D eigenvalue weighted by Gasteiger charge is -2.37. The Morgan fingerprint density at radius 3 is 2.70 bits per heavy atom. The molecule has 108 valence electrons. The van der Waals surface area contributed by atoms with Crippen molar-refractivity contribution in [2.45, 2.75) is 19.5 Å². The summed E-state index contributed by atoms with van der Waals surface area (Å²) in [5.74, 6) is 1.05. The highest BCUT2D eigenvalue weighted by atomic mass is 32.1. The first-order valence-corrected chi connectivity index (χ1v) is 7.99. The predicted molar refractivity (Wildman–Crippen MR) is 80.6 cm³/mol. The van der Waals surface area contributed by atoms with Crippen LogP contribution in [0, 0.1) is 0 Å². The molecule has 1 atom stereocenters. The van der Waals surface area contributed by atoms with Crippen LogP contribution in [0.2, 0.25) is 0 Å². The summed E-state index contributed by atoms with van der Waals surface area (Å²) in [5.41, 5.74) is 1.44. The zero-order valence-electron chi connectivity index (χ0n) is 12.1. The number of rotatable bonds is 4. The Morgan fingerprint density at radius 1 is 1.30 bits per heavy atom. The van der Waals surface area contributed by atoms with Gasteiger partial charge in [0.2, 0.25) is 0 Å². The van der Waals surface area contributed by atoms with Gasteiger partial charge in [-0.1, -0.05) is 0 Å². The van der Waals surface area contributed by atoms with Crippen LogP contribution in [-0.2, 0) is 13.6 Å². The van der Waals surface area contributed by atoms with E-state index in [4.69, 9.17) is 0 Å². The molecule has 0 aliphatic carbocycles. The molecule has 2 aromatic heterocycles. The Morgan fingerprint density at radius 2 is 2.10 bits per heavy atom. The van der Waals surface area contributed by atoms with E-state index in [9.17, 15) is 0 Å². The van der Waals surface area contributed by atoms with Gasteiger partial charge in [0.05, 0.1) is 6.54 Å². The van der Waals surface area contributed by atoms with E-state index < -0.39 is 0 Å². The number of thiophene rings is 1. The smallest absolute Gasteiger partial charge is 0.146 e. The van der Waals surface area contributed by atoms with Gasteiger partial charge in [0.15, 0.2) is 0 Å². The van der Waals surface area contributed by atoms with Crippen LogP contribution < -0.4 is 0 Å². The van der Waals surface area contributed by atoms with E-state index in [-0.39, 0.29) is 0 Å². The number of nitrogens with zero attached hydrogens (tertiary/aromatic N) is 5. The standard InChI is InChI=1S/C14H21N5S/c1-12(13-3-8-20-10-13)19-6-4-18(5-7-19)9-14-16-15-11-17(14)2/h3,8,10-12H,4-7,9H2,1-2H3. The van der Waals surface area contributed by atoms with Gasteiger partial charge < -0.3 is 4.57 Å². The Hall–Kier alpha value is -1.24. The number of aromatic nitrogens is 3. The highest BCUT2D eigenvalue weighted by Crippen LogP contribution is 2.23. The normalized spacial score (nSPS) is 19.3. The summed E-state index contributed by atoms with van der Waals surface area (Å²) in [6.07, 6.45) is 1.77. The molecule has 2 aromatic rings. The Labute approximate surface area is 123 Å². The minimum atomic E-state index is 0.526. The third kappa shape index (κ3) is 2.92. The molecule has 0 amide bonds. The molecule has 1 unspecified atom stereocenters. The van der Waals surface area contributed by atoms with E-state index >= 15 is 0 Å². The number of aryl methyl sites for hydroxylation is 1. The summed E-state index contributed by atoms with van der Waals surface area (Å²) in [5, 5.41) is 12.5. The van der Waals surface area contributed by atoms with Gasteiger partial charge in [-0.15, -0.1) is 10.2 Å². The number of hydrogen-bond donors (Lipinski definition) is 0. The molecule has 0 bridgehead atoms. The largest absolute Gasteiger partial charge is 0.320 e. The lowest BCUT2D eigenvalue weighted by molar-refractivity contribution is 0.0957. The second kappa shape index (κ2) is 6.03. The molecule has 1 fully saturated rings. The van der Waals surface area contributed by atoms with Crippen LogP contribution in [0.3, 0.4) is 0 Å². The third-order valence-corrected chi connectivity index (χ3v) is 4.85. The van der Waals surface area contributed by atoms with Crippen molar-refractivity contribution in [2.24, 2.45) is 7.05 Å². The summed E-state index contributed by atoms with van der Waals surface area (Å²) >= 11 is 1.78. The van der Waals surface area contributed by atoms with Crippen LogP contribution in [0.4, 0.5) is 0 Å². The molecule has 0 aromatic carbocycles. The molecule has 6 heteroatoms. The molecule has 0 radical (unpaired) electrons. The lowest BCUT2D eigenvalue weighted by Crippen LogP contribution is -2.46. The molecular formula is C14H21N5S. The van der Waals surface area contributed by atoms with Gasteiger partial charge in [0.25, 0.3) is 0 Å². The van der Waals surface area contributed by atoms with Crippen molar-refractivity contribution in [3.8, 4) is 0 Å². The van der Waals surface area contributed by atoms with E-state index in [1.165, 1.54) is 5.56 Å². The van der Waals surface area contributed by atoms with Crippen molar-refractivity contribution in [2.75, 3.05) is 26.2 Å². The molecule has 0 spiro atoms. The molecule has 5 nitrogen and oxygen atoms in total. The maximum atomic E-state index is 4.16. The summed E-state index contributed by atoms with van der Waals surface area (Å²) in [6, 6.07) is 2.76. The average molecular weight is 291 g/mol. The molecule has 3 rings (SSSR count). The topological polar surface area (TPSA) is 37.2 Å². The summed E-state index contributed by atoms with van der Waals surface area (Å²) in [6.45, 7) is 7.64. The molecule has 20 heavy (non-hydrogen) atoms. The van der Waals surface area contributed by atoms with Gasteiger partial charge in [-0.3, -0.25) is 9.80 Å². The fourth-order valence-corrected chi connectivity index (χ4v) is 3.43. The highest BCUT2D eigenvalue weighted by Gasteiger charge is 2.22. The molecule has 1 aliphatic rings. The van der Waals surface area contributed by atoms with Crippen LogP contribution in [0.5, 0.6) is 0 Å². The number of hydrogen-bond acceptors (Lipinski definition) is 5. The van der Waals surface area contributed by atoms with Gasteiger partial charge in [0, 0.05) is 39.3 Å². The molecule has 1 aliphatic heterocycles. The first kappa shape index (κ1) is 13.7. The van der Waals surface area contributed by atoms with Crippen molar-refractivity contribution in [1.82, 2.24) is 24.6 Å². The van der Waals surface area contributed by atoms with Crippen molar-refractivity contribution in [1.29, 1.82) is 0 Å². The van der Waals surface area contributed by atoms with Gasteiger partial charge in [-0.05, 0) is 29.3 Å². The fourth-order valence-electron chi connectivity index (χ4n) is 2.68. The van der Waals surface area contributed by atoms with E-state index in [1.807, 2.05) is 11.6 Å². The second-order valence-corrected chi connectivity index (χ2v) is 6.18. The van der Waals surface area contributed by atoms with Crippen molar-refractivity contribution in [3.63, 3.8) is 0 Å². The van der Waals surface area contributed by atoms with Crippen molar-refractivity contribution in [3.05, 3.63) is 34.5 Å². The highest BCUT2D eigenvalue weighted by molar-refractivity contribution is 7.07. The monoisotopic (exact) mass is 291 g/mol. The van der Waals surface area contributed by atoms with E-state index in [0.717, 1.165) is 38.5 Å².